The van der Waals surface area contributed by atoms with Crippen LogP contribution in [0.3, 0.4) is 0 Å². The van der Waals surface area contributed by atoms with E-state index in [9.17, 15) is 21.6 Å². The summed E-state index contributed by atoms with van der Waals surface area (Å²) in [7, 11) is -5.71. The van der Waals surface area contributed by atoms with Gasteiger partial charge in [-0.25, -0.2) is 0 Å². The summed E-state index contributed by atoms with van der Waals surface area (Å²) in [6, 6.07) is 0.149. The lowest BCUT2D eigenvalue weighted by Gasteiger charge is -2.54. The zero-order valence-electron chi connectivity index (χ0n) is 16.6. The highest BCUT2D eigenvalue weighted by Gasteiger charge is 2.50. The number of halogens is 3. The monoisotopic (exact) mass is 435 g/mol. The normalized spacial score (nSPS) is 34.6. The lowest BCUT2D eigenvalue weighted by atomic mass is 9.57. The fraction of sp³-hybridized carbons (Fsp3) is 0.700. The minimum atomic E-state index is -5.71. The number of hydrogen-bond acceptors (Lipinski definition) is 5. The Morgan fingerprint density at radius 2 is 2.03 bits per heavy atom. The van der Waals surface area contributed by atoms with Gasteiger partial charge in [-0.05, 0) is 62.5 Å². The molecular weight excluding hydrogens is 407 g/mol. The van der Waals surface area contributed by atoms with Crippen LogP contribution < -0.4 is 0 Å². The predicted octanol–water partition coefficient (Wildman–Crippen LogP) is 4.85. The summed E-state index contributed by atoms with van der Waals surface area (Å²) in [4.78, 5) is 5.88. The molecular formula is C20H28F3NO4S. The fourth-order valence-electron chi connectivity index (χ4n) is 5.01. The molecule has 1 saturated heterocycles. The number of hydrogen-bond donors (Lipinski definition) is 0. The standard InChI is InChI=1S/C20H28F3NO4S/c1-3-27-24-13-12-19-10-5-4-6-17(19)18(24)14-15(2)7-8-16(9-11-19)28-29(25,26)20(21,22)23/h7-9,17-18H,2-6,10-14H2,1H3/b8-7-,16-9+/t17-,18+,19+/m1/s1. The average Bonchev–Trinajstić information content (AvgIpc) is 2.64. The zero-order valence-corrected chi connectivity index (χ0v) is 17.4. The van der Waals surface area contributed by atoms with E-state index >= 15 is 0 Å². The molecule has 0 aromatic heterocycles. The van der Waals surface area contributed by atoms with E-state index in [0.717, 1.165) is 38.6 Å². The van der Waals surface area contributed by atoms with Gasteiger partial charge in [0.15, 0.2) is 0 Å². The molecule has 1 saturated carbocycles. The van der Waals surface area contributed by atoms with Gasteiger partial charge in [-0.15, -0.1) is 0 Å². The Morgan fingerprint density at radius 1 is 1.28 bits per heavy atom. The maximum Gasteiger partial charge on any atom is 0.534 e. The molecule has 0 amide bonds. The van der Waals surface area contributed by atoms with Crippen molar-refractivity contribution in [2.45, 2.75) is 63.4 Å². The molecule has 2 bridgehead atoms. The van der Waals surface area contributed by atoms with Crippen molar-refractivity contribution in [2.75, 3.05) is 13.2 Å². The third kappa shape index (κ3) is 4.72. The van der Waals surface area contributed by atoms with E-state index in [1.165, 1.54) is 18.2 Å². The lowest BCUT2D eigenvalue weighted by molar-refractivity contribution is -0.234. The van der Waals surface area contributed by atoms with Gasteiger partial charge in [0, 0.05) is 12.6 Å². The molecule has 3 atom stereocenters. The third-order valence-electron chi connectivity index (χ3n) is 6.34. The third-order valence-corrected chi connectivity index (χ3v) is 7.32. The molecule has 3 aliphatic rings. The molecule has 5 nitrogen and oxygen atoms in total. The summed E-state index contributed by atoms with van der Waals surface area (Å²) in [6.07, 6.45) is 10.4. The predicted molar refractivity (Wildman–Crippen MR) is 103 cm³/mol. The van der Waals surface area contributed by atoms with E-state index in [-0.39, 0.29) is 17.2 Å². The van der Waals surface area contributed by atoms with E-state index in [2.05, 4.69) is 10.8 Å². The Balaban J connectivity index is 1.95. The molecule has 1 aliphatic heterocycles. The quantitative estimate of drug-likeness (QED) is 0.467. The van der Waals surface area contributed by atoms with Crippen molar-refractivity contribution in [3.63, 3.8) is 0 Å². The van der Waals surface area contributed by atoms with Crippen molar-refractivity contribution in [3.8, 4) is 0 Å². The Labute approximate surface area is 170 Å². The Morgan fingerprint density at radius 3 is 2.72 bits per heavy atom. The topological polar surface area (TPSA) is 55.8 Å². The first-order valence-electron chi connectivity index (χ1n) is 10.0. The smallest absolute Gasteiger partial charge is 0.376 e. The van der Waals surface area contributed by atoms with Crippen molar-refractivity contribution in [3.05, 3.63) is 36.1 Å². The number of rotatable bonds is 4. The van der Waals surface area contributed by atoms with Gasteiger partial charge in [0.2, 0.25) is 0 Å². The minimum Gasteiger partial charge on any atom is -0.376 e. The van der Waals surface area contributed by atoms with Gasteiger partial charge >= 0.3 is 15.6 Å². The molecule has 1 heterocycles. The molecule has 0 N–H and O–H groups in total. The highest BCUT2D eigenvalue weighted by Crippen LogP contribution is 2.53. The first-order chi connectivity index (χ1) is 13.6. The maximum atomic E-state index is 12.8. The van der Waals surface area contributed by atoms with Crippen LogP contribution >= 0.6 is 0 Å². The zero-order chi connectivity index (χ0) is 21.3. The molecule has 9 heteroatoms. The van der Waals surface area contributed by atoms with Gasteiger partial charge in [0.1, 0.15) is 5.76 Å². The van der Waals surface area contributed by atoms with Crippen molar-refractivity contribution < 1.29 is 30.6 Å². The molecule has 0 spiro atoms. The van der Waals surface area contributed by atoms with Crippen LogP contribution in [0.5, 0.6) is 0 Å². The Bertz CT molecular complexity index is 790. The number of nitrogens with zero attached hydrogens (tertiary/aromatic N) is 1. The lowest BCUT2D eigenvalue weighted by Crippen LogP contribution is -2.55. The second-order valence-electron chi connectivity index (χ2n) is 8.08. The molecule has 29 heavy (non-hydrogen) atoms. The van der Waals surface area contributed by atoms with Crippen LogP contribution in [0.15, 0.2) is 36.1 Å². The van der Waals surface area contributed by atoms with Gasteiger partial charge in [0.05, 0.1) is 6.61 Å². The SMILES string of the molecule is C=C1/C=C\C(OS(=O)(=O)C(F)(F)F)=C/C[C@]23CCCC[C@@H]2[C@H](C1)N(OCC)CC3. The van der Waals surface area contributed by atoms with Crippen molar-refractivity contribution >= 4 is 10.1 Å². The molecule has 2 aliphatic carbocycles. The van der Waals surface area contributed by atoms with E-state index in [4.69, 9.17) is 4.84 Å². The highest BCUT2D eigenvalue weighted by molar-refractivity contribution is 7.87. The van der Waals surface area contributed by atoms with Crippen LogP contribution in [-0.4, -0.2) is 38.2 Å². The van der Waals surface area contributed by atoms with Crippen LogP contribution in [-0.2, 0) is 19.1 Å². The highest BCUT2D eigenvalue weighted by atomic mass is 32.2. The largest absolute Gasteiger partial charge is 0.534 e. The molecule has 0 aromatic carbocycles. The van der Waals surface area contributed by atoms with Crippen LogP contribution in [0.2, 0.25) is 0 Å². The number of allylic oxidation sites excluding steroid dienone is 3. The van der Waals surface area contributed by atoms with E-state index in [1.54, 1.807) is 0 Å². The summed E-state index contributed by atoms with van der Waals surface area (Å²) >= 11 is 0. The molecule has 0 radical (unpaired) electrons. The van der Waals surface area contributed by atoms with Gasteiger partial charge in [-0.3, -0.25) is 4.84 Å². The first kappa shape index (κ1) is 22.4. The molecule has 3 rings (SSSR count). The van der Waals surface area contributed by atoms with Gasteiger partial charge in [-0.1, -0.05) is 31.1 Å². The second kappa shape index (κ2) is 8.43. The van der Waals surface area contributed by atoms with E-state index in [1.807, 2.05) is 12.0 Å². The summed E-state index contributed by atoms with van der Waals surface area (Å²) in [5, 5.41) is 2.05. The van der Waals surface area contributed by atoms with Crippen molar-refractivity contribution in [1.29, 1.82) is 0 Å². The summed E-state index contributed by atoms with van der Waals surface area (Å²) < 4.78 is 65.8. The van der Waals surface area contributed by atoms with Gasteiger partial charge in [-0.2, -0.15) is 26.7 Å². The maximum absolute atomic E-state index is 12.8. The number of hydroxylamine groups is 2. The van der Waals surface area contributed by atoms with Crippen LogP contribution in [0.25, 0.3) is 0 Å². The Kier molecular flexibility index (Phi) is 6.50. The summed E-state index contributed by atoms with van der Waals surface area (Å²) in [5.41, 5.74) is -4.87. The molecule has 2 fully saturated rings. The molecule has 164 valence electrons. The Hall–Kier alpha value is -1.32. The first-order valence-corrected chi connectivity index (χ1v) is 11.5. The van der Waals surface area contributed by atoms with Crippen LogP contribution in [0.4, 0.5) is 13.2 Å². The number of piperidine rings is 1. The number of alkyl halides is 3. The van der Waals surface area contributed by atoms with Crippen LogP contribution in [0, 0.1) is 11.3 Å². The second-order valence-corrected chi connectivity index (χ2v) is 9.62. The van der Waals surface area contributed by atoms with Crippen LogP contribution in [0.1, 0.15) is 51.9 Å². The summed E-state index contributed by atoms with van der Waals surface area (Å²) in [6.45, 7) is 7.28. The fourth-order valence-corrected chi connectivity index (χ4v) is 5.48. The van der Waals surface area contributed by atoms with E-state index in [0.29, 0.717) is 30.9 Å². The van der Waals surface area contributed by atoms with Gasteiger partial charge < -0.3 is 4.18 Å². The van der Waals surface area contributed by atoms with Crippen molar-refractivity contribution in [1.82, 2.24) is 5.06 Å². The molecule has 0 unspecified atom stereocenters. The summed E-state index contributed by atoms with van der Waals surface area (Å²) in [5.74, 6) is 0.00406. The average molecular weight is 436 g/mol. The molecule has 0 aromatic rings. The van der Waals surface area contributed by atoms with E-state index < -0.39 is 15.6 Å². The van der Waals surface area contributed by atoms with Gasteiger partial charge in [0.25, 0.3) is 0 Å². The van der Waals surface area contributed by atoms with Crippen molar-refractivity contribution in [2.24, 2.45) is 11.3 Å². The minimum absolute atomic E-state index is 0.0986.